The van der Waals surface area contributed by atoms with Gasteiger partial charge in [-0.1, -0.05) is 26.8 Å². The zero-order chi connectivity index (χ0) is 14.5. The van der Waals surface area contributed by atoms with Crippen LogP contribution in [0.4, 0.5) is 10.1 Å². The first-order valence-corrected chi connectivity index (χ1v) is 6.27. The Bertz CT molecular complexity index is 404. The van der Waals surface area contributed by atoms with Gasteiger partial charge < -0.3 is 20.3 Å². The maximum absolute atomic E-state index is 13.8. The molecule has 0 radical (unpaired) electrons. The van der Waals surface area contributed by atoms with Crippen molar-refractivity contribution in [3.63, 3.8) is 0 Å². The van der Waals surface area contributed by atoms with Crippen molar-refractivity contribution >= 4 is 5.69 Å². The molecule has 0 bridgehead atoms. The van der Waals surface area contributed by atoms with E-state index in [1.165, 1.54) is 6.07 Å². The van der Waals surface area contributed by atoms with Crippen molar-refractivity contribution in [2.75, 3.05) is 25.1 Å². The minimum Gasteiger partial charge on any atom is -0.488 e. The second-order valence-electron chi connectivity index (χ2n) is 5.68. The number of hydrogen-bond acceptors (Lipinski definition) is 4. The van der Waals surface area contributed by atoms with Crippen molar-refractivity contribution in [2.45, 2.75) is 26.9 Å². The first-order valence-electron chi connectivity index (χ1n) is 6.27. The van der Waals surface area contributed by atoms with Crippen molar-refractivity contribution in [3.8, 4) is 5.75 Å². The fraction of sp³-hybridized carbons (Fsp3) is 0.571. The van der Waals surface area contributed by atoms with Gasteiger partial charge in [0.2, 0.25) is 0 Å². The van der Waals surface area contributed by atoms with E-state index in [1.807, 2.05) is 20.8 Å². The summed E-state index contributed by atoms with van der Waals surface area (Å²) < 4.78 is 19.3. The van der Waals surface area contributed by atoms with E-state index < -0.39 is 11.9 Å². The molecule has 4 nitrogen and oxygen atoms in total. The number of para-hydroxylation sites is 1. The molecule has 0 amide bonds. The molecule has 108 valence electrons. The fourth-order valence-electron chi connectivity index (χ4n) is 1.38. The summed E-state index contributed by atoms with van der Waals surface area (Å²) in [6, 6.07) is 4.56. The Labute approximate surface area is 113 Å². The number of aliphatic hydroxyl groups is 2. The van der Waals surface area contributed by atoms with Gasteiger partial charge in [-0.15, -0.1) is 0 Å². The van der Waals surface area contributed by atoms with E-state index in [2.05, 4.69) is 5.32 Å². The monoisotopic (exact) mass is 271 g/mol. The van der Waals surface area contributed by atoms with Crippen molar-refractivity contribution in [1.29, 1.82) is 0 Å². The third-order valence-electron chi connectivity index (χ3n) is 2.36. The van der Waals surface area contributed by atoms with Crippen LogP contribution in [0.5, 0.6) is 5.75 Å². The number of rotatable bonds is 6. The van der Waals surface area contributed by atoms with Gasteiger partial charge in [0.1, 0.15) is 0 Å². The molecule has 0 fully saturated rings. The van der Waals surface area contributed by atoms with Crippen LogP contribution in [0.3, 0.4) is 0 Å². The van der Waals surface area contributed by atoms with Crippen LogP contribution in [-0.2, 0) is 0 Å². The second-order valence-corrected chi connectivity index (χ2v) is 5.68. The van der Waals surface area contributed by atoms with Crippen molar-refractivity contribution in [2.24, 2.45) is 5.41 Å². The number of ether oxygens (including phenoxy) is 1. The molecule has 1 rings (SSSR count). The van der Waals surface area contributed by atoms with E-state index in [0.29, 0.717) is 12.3 Å². The van der Waals surface area contributed by atoms with Gasteiger partial charge in [0.05, 0.1) is 25.0 Å². The average molecular weight is 271 g/mol. The molecular formula is C14H22FNO3. The van der Waals surface area contributed by atoms with Crippen LogP contribution < -0.4 is 10.1 Å². The van der Waals surface area contributed by atoms with Gasteiger partial charge in [-0.25, -0.2) is 4.39 Å². The lowest BCUT2D eigenvalue weighted by Crippen LogP contribution is -2.24. The third-order valence-corrected chi connectivity index (χ3v) is 2.36. The first-order chi connectivity index (χ1) is 8.83. The summed E-state index contributed by atoms with van der Waals surface area (Å²) in [6.07, 6.45) is -0.890. The normalized spacial score (nSPS) is 13.2. The molecule has 1 atom stereocenters. The molecule has 1 aromatic carbocycles. The second kappa shape index (κ2) is 6.73. The maximum atomic E-state index is 13.8. The highest BCUT2D eigenvalue weighted by Gasteiger charge is 2.16. The summed E-state index contributed by atoms with van der Waals surface area (Å²) in [4.78, 5) is 0. The minimum absolute atomic E-state index is 0.0792. The number of aliphatic hydroxyl groups excluding tert-OH is 2. The Balaban J connectivity index is 2.77. The third kappa shape index (κ3) is 5.44. The summed E-state index contributed by atoms with van der Waals surface area (Å²) in [5.74, 6) is -0.310. The summed E-state index contributed by atoms with van der Waals surface area (Å²) in [5, 5.41) is 20.9. The average Bonchev–Trinajstić information content (AvgIpc) is 2.33. The molecule has 5 heteroatoms. The summed E-state index contributed by atoms with van der Waals surface area (Å²) >= 11 is 0. The van der Waals surface area contributed by atoms with Gasteiger partial charge in [0, 0.05) is 6.54 Å². The largest absolute Gasteiger partial charge is 0.488 e. The van der Waals surface area contributed by atoms with Gasteiger partial charge in [-0.3, -0.25) is 0 Å². The molecule has 0 aliphatic rings. The summed E-state index contributed by atoms with van der Waals surface area (Å²) in [5.41, 5.74) is 0.390. The van der Waals surface area contributed by atoms with E-state index in [-0.39, 0.29) is 24.3 Å². The van der Waals surface area contributed by atoms with Crippen LogP contribution in [0.15, 0.2) is 18.2 Å². The van der Waals surface area contributed by atoms with Crippen LogP contribution in [0.25, 0.3) is 0 Å². The number of anilines is 1. The quantitative estimate of drug-likeness (QED) is 0.740. The molecule has 3 N–H and O–H groups in total. The van der Waals surface area contributed by atoms with E-state index in [9.17, 15) is 9.50 Å². The van der Waals surface area contributed by atoms with E-state index in [4.69, 9.17) is 9.84 Å². The van der Waals surface area contributed by atoms with Crippen LogP contribution in [-0.4, -0.2) is 36.1 Å². The van der Waals surface area contributed by atoms with E-state index >= 15 is 0 Å². The predicted octanol–water partition coefficient (Wildman–Crippen LogP) is 2.02. The zero-order valence-corrected chi connectivity index (χ0v) is 11.6. The summed E-state index contributed by atoms with van der Waals surface area (Å²) in [6.45, 7) is 6.15. The molecule has 19 heavy (non-hydrogen) atoms. The molecule has 0 aliphatic heterocycles. The number of halogens is 1. The van der Waals surface area contributed by atoms with Gasteiger partial charge in [-0.2, -0.15) is 0 Å². The fourth-order valence-corrected chi connectivity index (χ4v) is 1.38. The van der Waals surface area contributed by atoms with E-state index in [0.717, 1.165) is 0 Å². The maximum Gasteiger partial charge on any atom is 0.178 e. The minimum atomic E-state index is -0.890. The van der Waals surface area contributed by atoms with Crippen LogP contribution in [0, 0.1) is 11.2 Å². The molecule has 0 saturated carbocycles. The van der Waals surface area contributed by atoms with Crippen LogP contribution in [0.2, 0.25) is 0 Å². The van der Waals surface area contributed by atoms with Crippen molar-refractivity contribution in [1.82, 2.24) is 0 Å². The molecule has 0 heterocycles. The summed E-state index contributed by atoms with van der Waals surface area (Å²) in [7, 11) is 0. The van der Waals surface area contributed by atoms with Crippen LogP contribution in [0.1, 0.15) is 20.8 Å². The Morgan fingerprint density at radius 3 is 2.63 bits per heavy atom. The Morgan fingerprint density at radius 1 is 1.37 bits per heavy atom. The predicted molar refractivity (Wildman–Crippen MR) is 72.9 cm³/mol. The lowest BCUT2D eigenvalue weighted by molar-refractivity contribution is 0.105. The van der Waals surface area contributed by atoms with Crippen molar-refractivity contribution in [3.05, 3.63) is 24.0 Å². The topological polar surface area (TPSA) is 61.7 Å². The highest BCUT2D eigenvalue weighted by Crippen LogP contribution is 2.29. The van der Waals surface area contributed by atoms with Crippen LogP contribution >= 0.6 is 0 Å². The zero-order valence-electron chi connectivity index (χ0n) is 11.6. The lowest BCUT2D eigenvalue weighted by Gasteiger charge is -2.21. The number of nitrogens with one attached hydrogen (secondary N) is 1. The molecule has 0 saturated heterocycles. The standard InChI is InChI=1S/C14H22FNO3/c1-14(2,3)9-19-13-11(15)5-4-6-12(13)16-7-10(18)8-17/h4-6,10,16-18H,7-9H2,1-3H3. The lowest BCUT2D eigenvalue weighted by atomic mass is 9.99. The molecular weight excluding hydrogens is 249 g/mol. The van der Waals surface area contributed by atoms with Gasteiger partial charge in [-0.05, 0) is 17.5 Å². The smallest absolute Gasteiger partial charge is 0.178 e. The van der Waals surface area contributed by atoms with Gasteiger partial charge in [0.25, 0.3) is 0 Å². The first kappa shape index (κ1) is 15.7. The molecule has 0 aromatic heterocycles. The molecule has 1 aromatic rings. The molecule has 1 unspecified atom stereocenters. The number of hydrogen-bond donors (Lipinski definition) is 3. The van der Waals surface area contributed by atoms with E-state index in [1.54, 1.807) is 12.1 Å². The van der Waals surface area contributed by atoms with Crippen molar-refractivity contribution < 1.29 is 19.3 Å². The van der Waals surface area contributed by atoms with Gasteiger partial charge in [0.15, 0.2) is 11.6 Å². The SMILES string of the molecule is CC(C)(C)COc1c(F)cccc1NCC(O)CO. The Hall–Kier alpha value is -1.33. The highest BCUT2D eigenvalue weighted by atomic mass is 19.1. The highest BCUT2D eigenvalue weighted by molar-refractivity contribution is 5.57. The Morgan fingerprint density at radius 2 is 2.05 bits per heavy atom. The molecule has 0 aliphatic carbocycles. The van der Waals surface area contributed by atoms with Gasteiger partial charge >= 0.3 is 0 Å². The molecule has 0 spiro atoms. The number of benzene rings is 1. The Kier molecular flexibility index (Phi) is 5.57.